The fraction of sp³-hybridized carbons (Fsp3) is 0.0500. The minimum atomic E-state index is 0.0388. The molecule has 5 heteroatoms. The number of benzene rings is 2. The van der Waals surface area contributed by atoms with Crippen LogP contribution in [0.25, 0.3) is 22.0 Å². The summed E-state index contributed by atoms with van der Waals surface area (Å²) >= 11 is 0. The largest absolute Gasteiger partial charge is 0.323 e. The lowest BCUT2D eigenvalue weighted by atomic mass is 10.0. The number of pyridine rings is 1. The second-order valence-electron chi connectivity index (χ2n) is 5.80. The van der Waals surface area contributed by atoms with E-state index in [1.54, 1.807) is 13.1 Å². The molecule has 0 saturated carbocycles. The number of anilines is 2. The van der Waals surface area contributed by atoms with Gasteiger partial charge in [0.05, 0.1) is 5.69 Å². The highest BCUT2D eigenvalue weighted by molar-refractivity contribution is 5.99. The van der Waals surface area contributed by atoms with Crippen molar-refractivity contribution in [2.75, 3.05) is 5.32 Å². The van der Waals surface area contributed by atoms with Gasteiger partial charge in [-0.1, -0.05) is 42.5 Å². The molecule has 0 atom stereocenters. The molecule has 0 spiro atoms. The molecule has 0 unspecified atom stereocenters. The van der Waals surface area contributed by atoms with Crippen LogP contribution in [0.15, 0.2) is 66.9 Å². The zero-order valence-electron chi connectivity index (χ0n) is 13.7. The number of nitrogens with one attached hydrogen (secondary N) is 2. The van der Waals surface area contributed by atoms with E-state index >= 15 is 0 Å². The van der Waals surface area contributed by atoms with Gasteiger partial charge < -0.3 is 5.32 Å². The third-order valence-corrected chi connectivity index (χ3v) is 4.04. The third-order valence-electron chi connectivity index (χ3n) is 4.04. The number of Topliss-reactive ketones (excluding diaryl/α,β-unsaturated/α-hetero) is 1. The number of carbonyl (C=O) groups is 1. The Balaban J connectivity index is 1.89. The predicted molar refractivity (Wildman–Crippen MR) is 99.1 cm³/mol. The van der Waals surface area contributed by atoms with Crippen molar-refractivity contribution in [1.82, 2.24) is 15.2 Å². The maximum atomic E-state index is 11.7. The zero-order chi connectivity index (χ0) is 17.2. The van der Waals surface area contributed by atoms with Crippen LogP contribution in [0.1, 0.15) is 17.3 Å². The topological polar surface area (TPSA) is 70.7 Å². The summed E-state index contributed by atoms with van der Waals surface area (Å²) in [5.41, 5.74) is 2.42. The Bertz CT molecular complexity index is 1050. The molecule has 2 N–H and O–H groups in total. The van der Waals surface area contributed by atoms with Crippen molar-refractivity contribution in [3.63, 3.8) is 0 Å². The van der Waals surface area contributed by atoms with Gasteiger partial charge in [-0.2, -0.15) is 5.10 Å². The molecule has 0 amide bonds. The molecular formula is C20H16N4O. The van der Waals surface area contributed by atoms with Gasteiger partial charge in [0.15, 0.2) is 11.6 Å². The number of fused-ring (bicyclic) bond motifs is 1. The number of H-pyrrole nitrogens is 1. The average Bonchev–Trinajstić information content (AvgIpc) is 3.14. The van der Waals surface area contributed by atoms with Gasteiger partial charge in [-0.3, -0.25) is 9.89 Å². The fourth-order valence-corrected chi connectivity index (χ4v) is 2.83. The summed E-state index contributed by atoms with van der Waals surface area (Å²) in [5.74, 6) is 1.44. The Labute approximate surface area is 144 Å². The van der Waals surface area contributed by atoms with E-state index in [0.29, 0.717) is 17.2 Å². The van der Waals surface area contributed by atoms with Crippen molar-refractivity contribution in [2.45, 2.75) is 6.92 Å². The molecule has 5 nitrogen and oxygen atoms in total. The van der Waals surface area contributed by atoms with Gasteiger partial charge in [-0.15, -0.1) is 0 Å². The number of ketones is 1. The molecular weight excluding hydrogens is 312 g/mol. The molecule has 4 rings (SSSR count). The van der Waals surface area contributed by atoms with E-state index in [1.807, 2.05) is 60.7 Å². The van der Waals surface area contributed by atoms with Crippen LogP contribution >= 0.6 is 0 Å². The van der Waals surface area contributed by atoms with Crippen LogP contribution < -0.4 is 5.32 Å². The summed E-state index contributed by atoms with van der Waals surface area (Å²) in [6, 6.07) is 19.5. The normalized spacial score (nSPS) is 10.8. The summed E-state index contributed by atoms with van der Waals surface area (Å²) in [4.78, 5) is 16.5. The highest BCUT2D eigenvalue weighted by Crippen LogP contribution is 2.30. The van der Waals surface area contributed by atoms with Crippen molar-refractivity contribution in [3.8, 4) is 11.3 Å². The van der Waals surface area contributed by atoms with E-state index < -0.39 is 0 Å². The summed E-state index contributed by atoms with van der Waals surface area (Å²) in [6.45, 7) is 1.57. The lowest BCUT2D eigenvalue weighted by Crippen LogP contribution is -1.98. The summed E-state index contributed by atoms with van der Waals surface area (Å²) < 4.78 is 0. The van der Waals surface area contributed by atoms with Crippen LogP contribution in [0.2, 0.25) is 0 Å². The van der Waals surface area contributed by atoms with E-state index in [4.69, 9.17) is 4.98 Å². The molecule has 2 heterocycles. The molecule has 0 saturated heterocycles. The minimum Gasteiger partial charge on any atom is -0.323 e. The Hall–Kier alpha value is -3.47. The number of rotatable bonds is 4. The lowest BCUT2D eigenvalue weighted by molar-refractivity contribution is 0.101. The van der Waals surface area contributed by atoms with E-state index in [2.05, 4.69) is 15.5 Å². The van der Waals surface area contributed by atoms with Crippen LogP contribution in [-0.4, -0.2) is 21.0 Å². The first kappa shape index (κ1) is 15.1. The van der Waals surface area contributed by atoms with Crippen molar-refractivity contribution in [2.24, 2.45) is 0 Å². The van der Waals surface area contributed by atoms with Crippen molar-refractivity contribution in [3.05, 3.63) is 72.4 Å². The number of aromatic amines is 1. The number of carbonyl (C=O) groups excluding carboxylic acids is 1. The summed E-state index contributed by atoms with van der Waals surface area (Å²) in [6.07, 6.45) is 1.75. The van der Waals surface area contributed by atoms with Gasteiger partial charge in [-0.05, 0) is 24.4 Å². The van der Waals surface area contributed by atoms with E-state index in [1.165, 1.54) is 0 Å². The Morgan fingerprint density at radius 2 is 1.88 bits per heavy atom. The van der Waals surface area contributed by atoms with Gasteiger partial charge in [0.25, 0.3) is 0 Å². The average molecular weight is 328 g/mol. The number of hydrogen-bond donors (Lipinski definition) is 2. The Morgan fingerprint density at radius 1 is 1.00 bits per heavy atom. The molecule has 0 aliphatic heterocycles. The van der Waals surface area contributed by atoms with Crippen molar-refractivity contribution < 1.29 is 4.79 Å². The first-order valence-corrected chi connectivity index (χ1v) is 7.99. The number of nitrogens with zero attached hydrogens (tertiary/aromatic N) is 2. The van der Waals surface area contributed by atoms with Crippen LogP contribution in [0, 0.1) is 0 Å². The maximum Gasteiger partial charge on any atom is 0.159 e. The van der Waals surface area contributed by atoms with Gasteiger partial charge in [0.1, 0.15) is 5.82 Å². The number of hydrogen-bond acceptors (Lipinski definition) is 4. The van der Waals surface area contributed by atoms with Crippen LogP contribution in [0.4, 0.5) is 11.6 Å². The summed E-state index contributed by atoms with van der Waals surface area (Å²) in [7, 11) is 0. The monoisotopic (exact) mass is 328 g/mol. The van der Waals surface area contributed by atoms with Crippen LogP contribution in [0.3, 0.4) is 0 Å². The maximum absolute atomic E-state index is 11.7. The third kappa shape index (κ3) is 2.99. The summed E-state index contributed by atoms with van der Waals surface area (Å²) in [5, 5.41) is 12.2. The van der Waals surface area contributed by atoms with E-state index in [0.717, 1.165) is 22.0 Å². The molecule has 25 heavy (non-hydrogen) atoms. The van der Waals surface area contributed by atoms with Gasteiger partial charge in [0, 0.05) is 28.8 Å². The standard InChI is InChI=1S/C20H16N4O/c1-13(25)14-6-4-7-16(11-14)20-17-8-3-2-5-15(17)12-19(23-20)22-18-9-10-21-24-18/h2-12H,1H3,(H2,21,22,23,24). The molecule has 122 valence electrons. The Morgan fingerprint density at radius 3 is 2.68 bits per heavy atom. The van der Waals surface area contributed by atoms with Crippen LogP contribution in [0.5, 0.6) is 0 Å². The van der Waals surface area contributed by atoms with Crippen LogP contribution in [-0.2, 0) is 0 Å². The van der Waals surface area contributed by atoms with Crippen molar-refractivity contribution >= 4 is 28.2 Å². The Kier molecular flexibility index (Phi) is 3.74. The molecule has 4 aromatic rings. The molecule has 0 aliphatic rings. The van der Waals surface area contributed by atoms with Gasteiger partial charge >= 0.3 is 0 Å². The molecule has 2 aromatic carbocycles. The fourth-order valence-electron chi connectivity index (χ4n) is 2.83. The second kappa shape index (κ2) is 6.20. The van der Waals surface area contributed by atoms with E-state index in [-0.39, 0.29) is 5.78 Å². The molecule has 0 aliphatic carbocycles. The highest BCUT2D eigenvalue weighted by Gasteiger charge is 2.10. The highest BCUT2D eigenvalue weighted by atomic mass is 16.1. The first-order valence-electron chi connectivity index (χ1n) is 7.99. The first-order chi connectivity index (χ1) is 12.2. The van der Waals surface area contributed by atoms with E-state index in [9.17, 15) is 4.79 Å². The molecule has 0 radical (unpaired) electrons. The van der Waals surface area contributed by atoms with Crippen molar-refractivity contribution in [1.29, 1.82) is 0 Å². The molecule has 2 aromatic heterocycles. The molecule has 0 bridgehead atoms. The van der Waals surface area contributed by atoms with Gasteiger partial charge in [0.2, 0.25) is 0 Å². The zero-order valence-corrected chi connectivity index (χ0v) is 13.7. The predicted octanol–water partition coefficient (Wildman–Crippen LogP) is 4.57. The number of aromatic nitrogens is 3. The van der Waals surface area contributed by atoms with Gasteiger partial charge in [-0.25, -0.2) is 4.98 Å². The molecule has 0 fully saturated rings. The smallest absolute Gasteiger partial charge is 0.159 e. The quantitative estimate of drug-likeness (QED) is 0.538. The SMILES string of the molecule is CC(=O)c1cccc(-c2nc(Nc3cc[nH]n3)cc3ccccc23)c1. The second-order valence-corrected chi connectivity index (χ2v) is 5.80. The minimum absolute atomic E-state index is 0.0388. The lowest BCUT2D eigenvalue weighted by Gasteiger charge is -2.11.